The molecule has 1 unspecified atom stereocenters. The second-order valence-electron chi connectivity index (χ2n) is 6.35. The van der Waals surface area contributed by atoms with Crippen LogP contribution in [0.25, 0.3) is 10.2 Å². The van der Waals surface area contributed by atoms with Gasteiger partial charge in [0.05, 0.1) is 21.4 Å². The number of aromatic nitrogens is 1. The van der Waals surface area contributed by atoms with Gasteiger partial charge in [0.25, 0.3) is 0 Å². The molecule has 0 spiro atoms. The summed E-state index contributed by atoms with van der Waals surface area (Å²) in [6, 6.07) is 16.3. The summed E-state index contributed by atoms with van der Waals surface area (Å²) in [6.07, 6.45) is 0.827. The van der Waals surface area contributed by atoms with Gasteiger partial charge in [0.1, 0.15) is 0 Å². The van der Waals surface area contributed by atoms with Gasteiger partial charge in [-0.25, -0.2) is 4.98 Å². The fourth-order valence-corrected chi connectivity index (χ4v) is 4.42. The molecule has 2 N–H and O–H groups in total. The molecule has 8 heteroatoms. The molecule has 4 rings (SSSR count). The van der Waals surface area contributed by atoms with E-state index < -0.39 is 0 Å². The number of halogens is 3. The zero-order valence-electron chi connectivity index (χ0n) is 14.8. The van der Waals surface area contributed by atoms with Gasteiger partial charge in [-0.15, -0.1) is 36.2 Å². The molecule has 0 radical (unpaired) electrons. The fourth-order valence-electron chi connectivity index (χ4n) is 3.28. The average Bonchev–Trinajstić information content (AvgIpc) is 3.05. The van der Waals surface area contributed by atoms with E-state index in [1.54, 1.807) is 11.3 Å². The Hall–Kier alpha value is -1.08. The molecule has 146 valence electrons. The summed E-state index contributed by atoms with van der Waals surface area (Å²) in [5, 5.41) is 1.90. The predicted octanol–water partition coefficient (Wildman–Crippen LogP) is 4.44. The smallest absolute Gasteiger partial charge is 0.0967 e. The summed E-state index contributed by atoms with van der Waals surface area (Å²) in [5.41, 5.74) is 8.76. The lowest BCUT2D eigenvalue weighted by atomic mass is 10.2. The minimum atomic E-state index is 0. The number of nitrogens with two attached hydrogens (primary N) is 1. The van der Waals surface area contributed by atoms with Crippen LogP contribution >= 0.6 is 47.8 Å². The molecule has 2 heterocycles. The summed E-state index contributed by atoms with van der Waals surface area (Å²) >= 11 is 7.72. The van der Waals surface area contributed by atoms with Crippen LogP contribution in [0, 0.1) is 0 Å². The molecule has 0 saturated carbocycles. The van der Waals surface area contributed by atoms with Crippen molar-refractivity contribution in [3.63, 3.8) is 0 Å². The third kappa shape index (κ3) is 5.25. The van der Waals surface area contributed by atoms with Gasteiger partial charge in [-0.1, -0.05) is 23.7 Å². The Labute approximate surface area is 181 Å². The predicted molar refractivity (Wildman–Crippen MR) is 121 cm³/mol. The van der Waals surface area contributed by atoms with Gasteiger partial charge in [0.2, 0.25) is 0 Å². The molecule has 1 aromatic heterocycles. The lowest BCUT2D eigenvalue weighted by molar-refractivity contribution is 0.187. The highest BCUT2D eigenvalue weighted by Gasteiger charge is 2.22. The van der Waals surface area contributed by atoms with Gasteiger partial charge >= 0.3 is 0 Å². The summed E-state index contributed by atoms with van der Waals surface area (Å²) in [7, 11) is 0. The molecule has 0 bridgehead atoms. The first kappa shape index (κ1) is 22.2. The van der Waals surface area contributed by atoms with Crippen LogP contribution in [-0.2, 0) is 6.42 Å². The highest BCUT2D eigenvalue weighted by atomic mass is 35.5. The van der Waals surface area contributed by atoms with Crippen molar-refractivity contribution in [2.75, 3.05) is 31.1 Å². The monoisotopic (exact) mass is 444 g/mol. The van der Waals surface area contributed by atoms with Gasteiger partial charge in [-0.05, 0) is 36.4 Å². The molecule has 1 aliphatic heterocycles. The molecule has 0 aliphatic carbocycles. The Bertz CT molecular complexity index is 815. The maximum atomic E-state index is 6.46. The minimum absolute atomic E-state index is 0. The Morgan fingerprint density at radius 3 is 2.33 bits per heavy atom. The Morgan fingerprint density at radius 2 is 1.67 bits per heavy atom. The van der Waals surface area contributed by atoms with Crippen molar-refractivity contribution in [1.82, 2.24) is 9.88 Å². The molecule has 27 heavy (non-hydrogen) atoms. The standard InChI is InChI=1S/C19H21ClN4S.2ClH/c20-14-5-7-15(8-6-14)23-9-11-24(12-10-23)18(21)13-19-22-16-3-1-2-4-17(16)25-19;;/h1-8,18H,9-13,21H2;2*1H. The van der Waals surface area contributed by atoms with Crippen molar-refractivity contribution < 1.29 is 0 Å². The zero-order valence-corrected chi connectivity index (χ0v) is 18.0. The van der Waals surface area contributed by atoms with Gasteiger partial charge in [0.15, 0.2) is 0 Å². The highest BCUT2D eigenvalue weighted by molar-refractivity contribution is 7.18. The van der Waals surface area contributed by atoms with Gasteiger partial charge in [-0.2, -0.15) is 0 Å². The van der Waals surface area contributed by atoms with Gasteiger partial charge in [-0.3, -0.25) is 4.90 Å². The van der Waals surface area contributed by atoms with Crippen molar-refractivity contribution >= 4 is 63.7 Å². The number of nitrogens with zero attached hydrogens (tertiary/aromatic N) is 3. The van der Waals surface area contributed by atoms with E-state index in [1.165, 1.54) is 10.4 Å². The van der Waals surface area contributed by atoms with Crippen LogP contribution in [0.15, 0.2) is 48.5 Å². The number of anilines is 1. The van der Waals surface area contributed by atoms with E-state index in [-0.39, 0.29) is 31.0 Å². The highest BCUT2D eigenvalue weighted by Crippen LogP contribution is 2.24. The van der Waals surface area contributed by atoms with Crippen LogP contribution in [-0.4, -0.2) is 42.2 Å². The first-order valence-corrected chi connectivity index (χ1v) is 9.73. The lowest BCUT2D eigenvalue weighted by Crippen LogP contribution is -2.54. The van der Waals surface area contributed by atoms with E-state index >= 15 is 0 Å². The second-order valence-corrected chi connectivity index (χ2v) is 7.90. The Morgan fingerprint density at radius 1 is 1.00 bits per heavy atom. The van der Waals surface area contributed by atoms with Crippen molar-refractivity contribution in [2.24, 2.45) is 5.73 Å². The number of para-hydroxylation sites is 1. The summed E-state index contributed by atoms with van der Waals surface area (Å²) in [5.74, 6) is 0. The van der Waals surface area contributed by atoms with Gasteiger partial charge in [0, 0.05) is 43.3 Å². The number of fused-ring (bicyclic) bond motifs is 1. The van der Waals surface area contributed by atoms with Crippen LogP contribution in [0.5, 0.6) is 0 Å². The largest absolute Gasteiger partial charge is 0.369 e. The Balaban J connectivity index is 0.00000131. The SMILES string of the molecule is Cl.Cl.NC(Cc1nc2ccccc2s1)N1CCN(c2ccc(Cl)cc2)CC1. The molecule has 4 nitrogen and oxygen atoms in total. The Kier molecular flexibility index (Phi) is 8.16. The molecule has 1 aliphatic rings. The van der Waals surface area contributed by atoms with E-state index in [9.17, 15) is 0 Å². The molecule has 1 saturated heterocycles. The number of hydrogen-bond donors (Lipinski definition) is 1. The molecule has 3 aromatic rings. The van der Waals surface area contributed by atoms with Crippen molar-refractivity contribution in [1.29, 1.82) is 0 Å². The van der Waals surface area contributed by atoms with E-state index in [4.69, 9.17) is 22.3 Å². The van der Waals surface area contributed by atoms with Crippen molar-refractivity contribution in [3.8, 4) is 0 Å². The third-order valence-electron chi connectivity index (χ3n) is 4.70. The molecule has 1 fully saturated rings. The molecular formula is C19H23Cl3N4S. The van der Waals surface area contributed by atoms with Crippen LogP contribution in [0.1, 0.15) is 5.01 Å². The first-order chi connectivity index (χ1) is 12.2. The second kappa shape index (κ2) is 9.92. The molecule has 1 atom stereocenters. The van der Waals surface area contributed by atoms with Crippen LogP contribution in [0.2, 0.25) is 5.02 Å². The lowest BCUT2D eigenvalue weighted by Gasteiger charge is -2.38. The first-order valence-electron chi connectivity index (χ1n) is 8.54. The van der Waals surface area contributed by atoms with E-state index in [1.807, 2.05) is 18.2 Å². The molecule has 2 aromatic carbocycles. The number of benzene rings is 2. The van der Waals surface area contributed by atoms with Crippen LogP contribution < -0.4 is 10.6 Å². The topological polar surface area (TPSA) is 45.4 Å². The minimum Gasteiger partial charge on any atom is -0.369 e. The van der Waals surface area contributed by atoms with E-state index in [0.29, 0.717) is 0 Å². The van der Waals surface area contributed by atoms with E-state index in [2.05, 4.69) is 40.1 Å². The molecular weight excluding hydrogens is 423 g/mol. The van der Waals surface area contributed by atoms with Gasteiger partial charge < -0.3 is 10.6 Å². The van der Waals surface area contributed by atoms with Crippen molar-refractivity contribution in [2.45, 2.75) is 12.6 Å². The van der Waals surface area contributed by atoms with Crippen LogP contribution in [0.3, 0.4) is 0 Å². The number of hydrogen-bond acceptors (Lipinski definition) is 5. The number of rotatable bonds is 4. The third-order valence-corrected chi connectivity index (χ3v) is 6.01. The normalized spacial score (nSPS) is 15.9. The zero-order chi connectivity index (χ0) is 17.2. The van der Waals surface area contributed by atoms with Crippen LogP contribution in [0.4, 0.5) is 5.69 Å². The maximum absolute atomic E-state index is 6.46. The molecule has 0 amide bonds. The summed E-state index contributed by atoms with van der Waals surface area (Å²) in [4.78, 5) is 9.45. The van der Waals surface area contributed by atoms with Crippen molar-refractivity contribution in [3.05, 3.63) is 58.6 Å². The van der Waals surface area contributed by atoms with E-state index in [0.717, 1.165) is 48.1 Å². The fraction of sp³-hybridized carbons (Fsp3) is 0.316. The number of piperazine rings is 1. The average molecular weight is 446 g/mol. The number of thiazole rings is 1. The maximum Gasteiger partial charge on any atom is 0.0967 e. The quantitative estimate of drug-likeness (QED) is 0.645. The summed E-state index contributed by atoms with van der Waals surface area (Å²) in [6.45, 7) is 3.90. The summed E-state index contributed by atoms with van der Waals surface area (Å²) < 4.78 is 1.23.